The number of aliphatic hydroxyl groups is 1. The van der Waals surface area contributed by atoms with Gasteiger partial charge in [0.2, 0.25) is 0 Å². The lowest BCUT2D eigenvalue weighted by molar-refractivity contribution is 0.172. The number of hydrogen-bond acceptors (Lipinski definition) is 2. The van der Waals surface area contributed by atoms with Crippen molar-refractivity contribution >= 4 is 0 Å². The van der Waals surface area contributed by atoms with Gasteiger partial charge in [0, 0.05) is 5.56 Å². The topological polar surface area (TPSA) is 29.5 Å². The number of hydrogen-bond donors (Lipinski definition) is 1. The van der Waals surface area contributed by atoms with Crippen LogP contribution in [0, 0.1) is 17.8 Å². The van der Waals surface area contributed by atoms with E-state index in [1.54, 1.807) is 6.92 Å². The Bertz CT molecular complexity index is 413. The van der Waals surface area contributed by atoms with Crippen molar-refractivity contribution in [2.24, 2.45) is 17.8 Å². The molecule has 2 aliphatic carbocycles. The fourth-order valence-corrected chi connectivity index (χ4v) is 3.73. The monoisotopic (exact) mass is 246 g/mol. The Morgan fingerprint density at radius 2 is 2.11 bits per heavy atom. The highest BCUT2D eigenvalue weighted by molar-refractivity contribution is 5.34. The van der Waals surface area contributed by atoms with Gasteiger partial charge >= 0.3 is 0 Å². The summed E-state index contributed by atoms with van der Waals surface area (Å²) >= 11 is 0. The summed E-state index contributed by atoms with van der Waals surface area (Å²) in [7, 11) is 0. The third-order valence-electron chi connectivity index (χ3n) is 4.71. The van der Waals surface area contributed by atoms with Crippen LogP contribution in [0.25, 0.3) is 0 Å². The molecule has 18 heavy (non-hydrogen) atoms. The summed E-state index contributed by atoms with van der Waals surface area (Å²) < 4.78 is 5.98. The van der Waals surface area contributed by atoms with Crippen LogP contribution in [0.15, 0.2) is 24.3 Å². The molecule has 2 nitrogen and oxygen atoms in total. The van der Waals surface area contributed by atoms with Gasteiger partial charge in [0.25, 0.3) is 0 Å². The van der Waals surface area contributed by atoms with Gasteiger partial charge < -0.3 is 9.84 Å². The largest absolute Gasteiger partial charge is 0.493 e. The molecule has 2 bridgehead atoms. The van der Waals surface area contributed by atoms with Crippen LogP contribution < -0.4 is 4.74 Å². The van der Waals surface area contributed by atoms with E-state index >= 15 is 0 Å². The van der Waals surface area contributed by atoms with E-state index in [9.17, 15) is 5.11 Å². The number of para-hydroxylation sites is 1. The minimum absolute atomic E-state index is 0.457. The van der Waals surface area contributed by atoms with Crippen LogP contribution in [0.3, 0.4) is 0 Å². The maximum atomic E-state index is 9.72. The van der Waals surface area contributed by atoms with Gasteiger partial charge in [0.15, 0.2) is 0 Å². The van der Waals surface area contributed by atoms with Crippen molar-refractivity contribution in [2.75, 3.05) is 6.61 Å². The summed E-state index contributed by atoms with van der Waals surface area (Å²) in [5, 5.41) is 9.72. The summed E-state index contributed by atoms with van der Waals surface area (Å²) in [5.41, 5.74) is 0.903. The average molecular weight is 246 g/mol. The molecular formula is C16H22O2. The third kappa shape index (κ3) is 2.26. The zero-order valence-corrected chi connectivity index (χ0v) is 11.0. The molecule has 3 rings (SSSR count). The SMILES string of the molecule is CC(O)c1ccccc1OCC1CC2CCC1C2. The predicted octanol–water partition coefficient (Wildman–Crippen LogP) is 3.55. The van der Waals surface area contributed by atoms with E-state index in [4.69, 9.17) is 4.74 Å². The van der Waals surface area contributed by atoms with Crippen molar-refractivity contribution in [3.8, 4) is 5.75 Å². The van der Waals surface area contributed by atoms with Gasteiger partial charge in [-0.3, -0.25) is 0 Å². The molecule has 0 aromatic heterocycles. The van der Waals surface area contributed by atoms with E-state index in [0.717, 1.165) is 35.7 Å². The molecule has 0 aliphatic heterocycles. The Morgan fingerprint density at radius 3 is 2.78 bits per heavy atom. The molecule has 2 aliphatic rings. The van der Waals surface area contributed by atoms with Crippen molar-refractivity contribution < 1.29 is 9.84 Å². The Hall–Kier alpha value is -1.02. The quantitative estimate of drug-likeness (QED) is 0.880. The normalized spacial score (nSPS) is 31.6. The van der Waals surface area contributed by atoms with E-state index < -0.39 is 6.10 Å². The first kappa shape index (κ1) is 12.0. The Morgan fingerprint density at radius 1 is 1.28 bits per heavy atom. The highest BCUT2D eigenvalue weighted by Crippen LogP contribution is 2.48. The van der Waals surface area contributed by atoms with E-state index in [-0.39, 0.29) is 0 Å². The van der Waals surface area contributed by atoms with Gasteiger partial charge in [0.1, 0.15) is 5.75 Å². The van der Waals surface area contributed by atoms with Crippen molar-refractivity contribution in [3.63, 3.8) is 0 Å². The fourth-order valence-electron chi connectivity index (χ4n) is 3.73. The van der Waals surface area contributed by atoms with E-state index in [0.29, 0.717) is 0 Å². The fraction of sp³-hybridized carbons (Fsp3) is 0.625. The number of benzene rings is 1. The second-order valence-electron chi connectivity index (χ2n) is 5.96. The molecular weight excluding hydrogens is 224 g/mol. The zero-order chi connectivity index (χ0) is 12.5. The molecule has 98 valence electrons. The van der Waals surface area contributed by atoms with Crippen LogP contribution in [-0.2, 0) is 0 Å². The van der Waals surface area contributed by atoms with Gasteiger partial charge in [-0.2, -0.15) is 0 Å². The van der Waals surface area contributed by atoms with E-state index in [1.807, 2.05) is 24.3 Å². The summed E-state index contributed by atoms with van der Waals surface area (Å²) in [6.45, 7) is 2.62. The number of rotatable bonds is 4. The van der Waals surface area contributed by atoms with Crippen LogP contribution in [0.5, 0.6) is 5.75 Å². The zero-order valence-electron chi connectivity index (χ0n) is 11.0. The van der Waals surface area contributed by atoms with E-state index in [1.165, 1.54) is 25.7 Å². The molecule has 1 aromatic carbocycles. The van der Waals surface area contributed by atoms with Gasteiger partial charge in [0.05, 0.1) is 12.7 Å². The highest BCUT2D eigenvalue weighted by atomic mass is 16.5. The second-order valence-corrected chi connectivity index (χ2v) is 5.96. The minimum atomic E-state index is -0.457. The molecule has 2 fully saturated rings. The molecule has 0 radical (unpaired) electrons. The summed E-state index contributed by atoms with van der Waals surface area (Å²) in [6, 6.07) is 7.84. The van der Waals surface area contributed by atoms with E-state index in [2.05, 4.69) is 0 Å². The molecule has 1 aromatic rings. The van der Waals surface area contributed by atoms with Crippen molar-refractivity contribution in [1.29, 1.82) is 0 Å². The standard InChI is InChI=1S/C16H22O2/c1-11(17)15-4-2-3-5-16(15)18-10-14-9-12-6-7-13(14)8-12/h2-5,11-14,17H,6-10H2,1H3. The minimum Gasteiger partial charge on any atom is -0.493 e. The average Bonchev–Trinajstić information content (AvgIpc) is 2.98. The lowest BCUT2D eigenvalue weighted by Gasteiger charge is -2.22. The third-order valence-corrected chi connectivity index (χ3v) is 4.71. The molecule has 4 atom stereocenters. The first-order valence-corrected chi connectivity index (χ1v) is 7.14. The van der Waals surface area contributed by atoms with Gasteiger partial charge in [-0.15, -0.1) is 0 Å². The molecule has 0 saturated heterocycles. The first-order valence-electron chi connectivity index (χ1n) is 7.14. The number of fused-ring (bicyclic) bond motifs is 2. The smallest absolute Gasteiger partial charge is 0.125 e. The molecule has 4 unspecified atom stereocenters. The van der Waals surface area contributed by atoms with Crippen LogP contribution in [0.2, 0.25) is 0 Å². The van der Waals surface area contributed by atoms with Crippen LogP contribution in [-0.4, -0.2) is 11.7 Å². The lowest BCUT2D eigenvalue weighted by Crippen LogP contribution is -2.19. The molecule has 0 amide bonds. The summed E-state index contributed by atoms with van der Waals surface area (Å²) in [5.74, 6) is 3.46. The molecule has 1 N–H and O–H groups in total. The second kappa shape index (κ2) is 4.93. The van der Waals surface area contributed by atoms with Gasteiger partial charge in [-0.25, -0.2) is 0 Å². The van der Waals surface area contributed by atoms with Crippen molar-refractivity contribution in [3.05, 3.63) is 29.8 Å². The Balaban J connectivity index is 1.63. The Kier molecular flexibility index (Phi) is 3.29. The molecule has 2 saturated carbocycles. The summed E-state index contributed by atoms with van der Waals surface area (Å²) in [4.78, 5) is 0. The summed E-state index contributed by atoms with van der Waals surface area (Å²) in [6.07, 6.45) is 5.15. The van der Waals surface area contributed by atoms with Crippen molar-refractivity contribution in [2.45, 2.75) is 38.7 Å². The van der Waals surface area contributed by atoms with Crippen LogP contribution >= 0.6 is 0 Å². The first-order chi connectivity index (χ1) is 8.74. The van der Waals surface area contributed by atoms with Crippen LogP contribution in [0.1, 0.15) is 44.3 Å². The molecule has 0 spiro atoms. The number of aliphatic hydroxyl groups excluding tert-OH is 1. The maximum Gasteiger partial charge on any atom is 0.125 e. The van der Waals surface area contributed by atoms with Gasteiger partial charge in [-0.1, -0.05) is 24.6 Å². The predicted molar refractivity (Wildman–Crippen MR) is 71.5 cm³/mol. The van der Waals surface area contributed by atoms with Crippen LogP contribution in [0.4, 0.5) is 0 Å². The Labute approximate surface area is 109 Å². The number of ether oxygens (including phenoxy) is 1. The molecule has 2 heteroatoms. The van der Waals surface area contributed by atoms with Gasteiger partial charge in [-0.05, 0) is 50.0 Å². The lowest BCUT2D eigenvalue weighted by atomic mass is 9.89. The van der Waals surface area contributed by atoms with Crippen molar-refractivity contribution in [1.82, 2.24) is 0 Å². The highest BCUT2D eigenvalue weighted by Gasteiger charge is 2.39. The molecule has 0 heterocycles. The maximum absolute atomic E-state index is 9.72.